The molecule has 2 aromatic heterocycles. The molecule has 7 heteroatoms. The Morgan fingerprint density at radius 3 is 3.00 bits per heavy atom. The lowest BCUT2D eigenvalue weighted by Gasteiger charge is -2.41. The molecule has 1 fully saturated rings. The van der Waals surface area contributed by atoms with Crippen molar-refractivity contribution in [3.05, 3.63) is 12.4 Å². The van der Waals surface area contributed by atoms with Crippen LogP contribution in [-0.2, 0) is 0 Å². The molecule has 2 N–H and O–H groups in total. The van der Waals surface area contributed by atoms with Gasteiger partial charge in [0, 0.05) is 0 Å². The summed E-state index contributed by atoms with van der Waals surface area (Å²) in [4.78, 5) is 4.05. The van der Waals surface area contributed by atoms with Crippen molar-refractivity contribution in [2.45, 2.75) is 24.8 Å². The molecule has 7 nitrogen and oxygen atoms in total. The predicted octanol–water partition coefficient (Wildman–Crippen LogP) is -0.154. The molecule has 84 valence electrons. The van der Waals surface area contributed by atoms with Crippen molar-refractivity contribution in [1.29, 1.82) is 0 Å². The zero-order valence-corrected chi connectivity index (χ0v) is 8.67. The molecule has 0 unspecified atom stereocenters. The van der Waals surface area contributed by atoms with Crippen molar-refractivity contribution in [3.8, 4) is 0 Å². The fourth-order valence-electron chi connectivity index (χ4n) is 1.96. The summed E-state index contributed by atoms with van der Waals surface area (Å²) in [6.07, 6.45) is 6.31. The largest absolute Gasteiger partial charge is 0.394 e. The average molecular weight is 220 g/mol. The zero-order valence-electron chi connectivity index (χ0n) is 8.67. The Balaban J connectivity index is 1.96. The first-order valence-corrected chi connectivity index (χ1v) is 5.24. The van der Waals surface area contributed by atoms with Gasteiger partial charge >= 0.3 is 0 Å². The summed E-state index contributed by atoms with van der Waals surface area (Å²) in [6.45, 7) is 0.117. The van der Waals surface area contributed by atoms with E-state index in [1.165, 1.54) is 0 Å². The molecule has 0 bridgehead atoms. The van der Waals surface area contributed by atoms with E-state index in [0.29, 0.717) is 5.65 Å². The monoisotopic (exact) mass is 220 g/mol. The standard InChI is InChI=1S/C9H12N6O/c16-6-9(2-1-3-9)11-7-4-10-5-8-12-13-14-15(7)8/h4-5,11,16H,1-3,6H2. The second-order valence-electron chi connectivity index (χ2n) is 4.16. The third-order valence-corrected chi connectivity index (χ3v) is 3.12. The molecule has 16 heavy (non-hydrogen) atoms. The fourth-order valence-corrected chi connectivity index (χ4v) is 1.96. The molecule has 2 aromatic rings. The van der Waals surface area contributed by atoms with Gasteiger partial charge in [-0.2, -0.15) is 4.52 Å². The lowest BCUT2D eigenvalue weighted by Crippen LogP contribution is -2.48. The number of hydrogen-bond donors (Lipinski definition) is 2. The van der Waals surface area contributed by atoms with Crippen molar-refractivity contribution >= 4 is 11.5 Å². The van der Waals surface area contributed by atoms with Crippen LogP contribution in [0.4, 0.5) is 5.82 Å². The Hall–Kier alpha value is -1.76. The van der Waals surface area contributed by atoms with Crippen LogP contribution in [0.2, 0.25) is 0 Å². The normalized spacial score (nSPS) is 18.3. The molecule has 1 saturated carbocycles. The first-order chi connectivity index (χ1) is 7.83. The van der Waals surface area contributed by atoms with Crippen molar-refractivity contribution < 1.29 is 5.11 Å². The first-order valence-electron chi connectivity index (χ1n) is 5.24. The molecule has 0 atom stereocenters. The maximum absolute atomic E-state index is 9.38. The number of aromatic nitrogens is 5. The minimum atomic E-state index is -0.220. The molecule has 0 radical (unpaired) electrons. The quantitative estimate of drug-likeness (QED) is 0.747. The minimum absolute atomic E-state index is 0.117. The van der Waals surface area contributed by atoms with E-state index in [1.54, 1.807) is 16.9 Å². The molecule has 0 aromatic carbocycles. The Morgan fingerprint density at radius 2 is 2.31 bits per heavy atom. The van der Waals surface area contributed by atoms with Gasteiger partial charge in [-0.15, -0.1) is 5.10 Å². The Morgan fingerprint density at radius 1 is 1.44 bits per heavy atom. The summed E-state index contributed by atoms with van der Waals surface area (Å²) < 4.78 is 1.59. The van der Waals surface area contributed by atoms with Gasteiger partial charge in [-0.05, 0) is 29.7 Å². The molecular formula is C9H12N6O. The number of nitrogens with zero attached hydrogens (tertiary/aromatic N) is 5. The zero-order chi connectivity index (χ0) is 11.0. The van der Waals surface area contributed by atoms with Crippen LogP contribution < -0.4 is 5.32 Å². The van der Waals surface area contributed by atoms with Crippen molar-refractivity contribution in [3.63, 3.8) is 0 Å². The molecule has 1 aliphatic carbocycles. The average Bonchev–Trinajstić information content (AvgIpc) is 2.72. The molecule has 2 heterocycles. The number of aliphatic hydroxyl groups excluding tert-OH is 1. The number of hydrogen-bond acceptors (Lipinski definition) is 6. The van der Waals surface area contributed by atoms with Crippen LogP contribution in [0.3, 0.4) is 0 Å². The van der Waals surface area contributed by atoms with Crippen molar-refractivity contribution in [2.75, 3.05) is 11.9 Å². The predicted molar refractivity (Wildman–Crippen MR) is 55.9 cm³/mol. The summed E-state index contributed by atoms with van der Waals surface area (Å²) in [5.41, 5.74) is 0.375. The van der Waals surface area contributed by atoms with E-state index in [1.807, 2.05) is 0 Å². The van der Waals surface area contributed by atoms with Crippen molar-refractivity contribution in [2.24, 2.45) is 0 Å². The third-order valence-electron chi connectivity index (χ3n) is 3.12. The van der Waals surface area contributed by atoms with E-state index in [2.05, 4.69) is 25.8 Å². The van der Waals surface area contributed by atoms with Crippen LogP contribution in [0.5, 0.6) is 0 Å². The van der Waals surface area contributed by atoms with Gasteiger partial charge in [0.25, 0.3) is 0 Å². The summed E-state index contributed by atoms with van der Waals surface area (Å²) in [7, 11) is 0. The third kappa shape index (κ3) is 1.32. The molecule has 0 aliphatic heterocycles. The second-order valence-corrected chi connectivity index (χ2v) is 4.16. The molecule has 0 spiro atoms. The Labute approximate surface area is 91.5 Å². The number of anilines is 1. The van der Waals surface area contributed by atoms with E-state index in [9.17, 15) is 5.11 Å². The first kappa shape index (κ1) is 9.46. The van der Waals surface area contributed by atoms with E-state index in [0.717, 1.165) is 25.1 Å². The topological polar surface area (TPSA) is 88.2 Å². The fraction of sp³-hybridized carbons (Fsp3) is 0.556. The van der Waals surface area contributed by atoms with E-state index in [-0.39, 0.29) is 12.1 Å². The highest BCUT2D eigenvalue weighted by Gasteiger charge is 2.36. The van der Waals surface area contributed by atoms with E-state index < -0.39 is 0 Å². The highest BCUT2D eigenvalue weighted by molar-refractivity contribution is 5.46. The highest BCUT2D eigenvalue weighted by atomic mass is 16.3. The van der Waals surface area contributed by atoms with Gasteiger partial charge in [-0.3, -0.25) is 4.98 Å². The Kier molecular flexibility index (Phi) is 2.00. The van der Waals surface area contributed by atoms with Gasteiger partial charge < -0.3 is 10.4 Å². The van der Waals surface area contributed by atoms with Crippen LogP contribution in [0.15, 0.2) is 12.4 Å². The highest BCUT2D eigenvalue weighted by Crippen LogP contribution is 2.34. The van der Waals surface area contributed by atoms with Gasteiger partial charge in [0.15, 0.2) is 11.5 Å². The van der Waals surface area contributed by atoms with Crippen LogP contribution >= 0.6 is 0 Å². The number of fused-ring (bicyclic) bond motifs is 1. The summed E-state index contributed by atoms with van der Waals surface area (Å²) in [5, 5.41) is 23.9. The Bertz CT molecular complexity index is 500. The minimum Gasteiger partial charge on any atom is -0.394 e. The number of nitrogens with one attached hydrogen (secondary N) is 1. The molecular weight excluding hydrogens is 208 g/mol. The summed E-state index contributed by atoms with van der Waals surface area (Å²) in [6, 6.07) is 0. The number of rotatable bonds is 3. The van der Waals surface area contributed by atoms with Crippen LogP contribution in [0.25, 0.3) is 5.65 Å². The number of aliphatic hydroxyl groups is 1. The molecule has 3 rings (SSSR count). The van der Waals surface area contributed by atoms with Gasteiger partial charge in [0.1, 0.15) is 0 Å². The van der Waals surface area contributed by atoms with E-state index in [4.69, 9.17) is 0 Å². The molecule has 0 saturated heterocycles. The smallest absolute Gasteiger partial charge is 0.199 e. The maximum Gasteiger partial charge on any atom is 0.199 e. The second kappa shape index (κ2) is 3.38. The SMILES string of the molecule is OCC1(Nc2cncc3nnnn23)CCC1. The molecule has 1 aliphatic rings. The van der Waals surface area contributed by atoms with Crippen LogP contribution in [0.1, 0.15) is 19.3 Å². The van der Waals surface area contributed by atoms with Gasteiger partial charge in [0.05, 0.1) is 24.5 Å². The van der Waals surface area contributed by atoms with Gasteiger partial charge in [0.2, 0.25) is 0 Å². The van der Waals surface area contributed by atoms with Crippen molar-refractivity contribution in [1.82, 2.24) is 25.0 Å². The molecule has 0 amide bonds. The van der Waals surface area contributed by atoms with Crippen LogP contribution in [-0.4, -0.2) is 42.3 Å². The summed E-state index contributed by atoms with van der Waals surface area (Å²) >= 11 is 0. The van der Waals surface area contributed by atoms with Crippen LogP contribution in [0, 0.1) is 0 Å². The maximum atomic E-state index is 9.38. The van der Waals surface area contributed by atoms with Gasteiger partial charge in [-0.25, -0.2) is 0 Å². The summed E-state index contributed by atoms with van der Waals surface area (Å²) in [5.74, 6) is 0.719. The lowest BCUT2D eigenvalue weighted by molar-refractivity contribution is 0.143. The number of tetrazole rings is 1. The van der Waals surface area contributed by atoms with Gasteiger partial charge in [-0.1, -0.05) is 0 Å². The van der Waals surface area contributed by atoms with E-state index >= 15 is 0 Å². The lowest BCUT2D eigenvalue weighted by atomic mass is 9.77.